The number of aromatic nitrogens is 2. The van der Waals surface area contributed by atoms with Gasteiger partial charge in [0.25, 0.3) is 0 Å². The zero-order valence-electron chi connectivity index (χ0n) is 12.3. The molecule has 1 aromatic heterocycles. The lowest BCUT2D eigenvalue weighted by atomic mass is 10.3. The van der Waals surface area contributed by atoms with E-state index in [4.69, 9.17) is 10.5 Å². The molecule has 0 fully saturated rings. The van der Waals surface area contributed by atoms with Crippen LogP contribution in [0, 0.1) is 13.8 Å². The molecule has 0 aliphatic carbocycles. The Morgan fingerprint density at radius 3 is 2.48 bits per heavy atom. The Kier molecular flexibility index (Phi) is 3.93. The number of hydrogen-bond donors (Lipinski definition) is 2. The Morgan fingerprint density at radius 2 is 2.00 bits per heavy atom. The average molecular weight is 310 g/mol. The number of aryl methyl sites for hydroxylation is 2. The van der Waals surface area contributed by atoms with Crippen LogP contribution >= 0.6 is 0 Å². The van der Waals surface area contributed by atoms with Crippen LogP contribution in [0.25, 0.3) is 0 Å². The number of ether oxygens (including phenoxy) is 1. The first-order chi connectivity index (χ1) is 9.76. The molecule has 0 aliphatic rings. The summed E-state index contributed by atoms with van der Waals surface area (Å²) in [6, 6.07) is 4.46. The molecular formula is C13H18N4O3S. The van der Waals surface area contributed by atoms with Crippen LogP contribution < -0.4 is 15.2 Å². The predicted octanol–water partition coefficient (Wildman–Crippen LogP) is 1.32. The number of nitrogens with one attached hydrogen (secondary N) is 1. The van der Waals surface area contributed by atoms with Crippen LogP contribution in [0.2, 0.25) is 0 Å². The summed E-state index contributed by atoms with van der Waals surface area (Å²) in [5.74, 6) is 1.10. The Labute approximate surface area is 123 Å². The number of nitrogens with two attached hydrogens (primary N) is 1. The molecule has 1 aromatic carbocycles. The van der Waals surface area contributed by atoms with Crippen LogP contribution in [0.15, 0.2) is 23.1 Å². The molecule has 0 saturated heterocycles. The van der Waals surface area contributed by atoms with Crippen LogP contribution in [-0.4, -0.2) is 25.2 Å². The van der Waals surface area contributed by atoms with E-state index in [0.29, 0.717) is 11.5 Å². The van der Waals surface area contributed by atoms with Crippen molar-refractivity contribution in [2.75, 3.05) is 12.8 Å². The van der Waals surface area contributed by atoms with E-state index in [1.54, 1.807) is 10.7 Å². The van der Waals surface area contributed by atoms with E-state index < -0.39 is 10.0 Å². The maximum absolute atomic E-state index is 11.8. The first kappa shape index (κ1) is 15.3. The van der Waals surface area contributed by atoms with Gasteiger partial charge in [-0.3, -0.25) is 4.68 Å². The molecule has 0 spiro atoms. The van der Waals surface area contributed by atoms with Crippen molar-refractivity contribution in [2.24, 2.45) is 7.05 Å². The third-order valence-electron chi connectivity index (χ3n) is 3.20. The second kappa shape index (κ2) is 5.38. The SMILES string of the molecule is CNS(=O)(=O)c1ccc(Oc2c(C)nn(C)c2C)cc1N. The molecule has 114 valence electrons. The normalized spacial score (nSPS) is 11.6. The van der Waals surface area contributed by atoms with Gasteiger partial charge in [-0.15, -0.1) is 0 Å². The van der Waals surface area contributed by atoms with Crippen molar-refractivity contribution < 1.29 is 13.2 Å². The van der Waals surface area contributed by atoms with Gasteiger partial charge in [-0.1, -0.05) is 0 Å². The van der Waals surface area contributed by atoms with Gasteiger partial charge in [-0.05, 0) is 33.0 Å². The highest BCUT2D eigenvalue weighted by Crippen LogP contribution is 2.31. The Balaban J connectivity index is 2.38. The zero-order valence-corrected chi connectivity index (χ0v) is 13.2. The van der Waals surface area contributed by atoms with E-state index in [1.165, 1.54) is 19.2 Å². The number of hydrogen-bond acceptors (Lipinski definition) is 5. The second-order valence-electron chi connectivity index (χ2n) is 4.63. The van der Waals surface area contributed by atoms with Crippen LogP contribution in [0.5, 0.6) is 11.5 Å². The minimum atomic E-state index is -3.58. The number of nitrogens with zero attached hydrogens (tertiary/aromatic N) is 2. The largest absolute Gasteiger partial charge is 0.453 e. The maximum atomic E-state index is 11.8. The molecule has 2 aromatic rings. The summed E-state index contributed by atoms with van der Waals surface area (Å²) in [6.07, 6.45) is 0. The standard InChI is InChI=1S/C13H18N4O3S/c1-8-13(9(2)17(4)16-8)20-10-5-6-12(11(14)7-10)21(18,19)15-3/h5-7,15H,14H2,1-4H3. The van der Waals surface area contributed by atoms with Crippen molar-refractivity contribution >= 4 is 15.7 Å². The van der Waals surface area contributed by atoms with E-state index >= 15 is 0 Å². The molecular weight excluding hydrogens is 292 g/mol. The highest BCUT2D eigenvalue weighted by Gasteiger charge is 2.17. The van der Waals surface area contributed by atoms with Crippen LogP contribution in [0.3, 0.4) is 0 Å². The predicted molar refractivity (Wildman–Crippen MR) is 79.9 cm³/mol. The Morgan fingerprint density at radius 1 is 1.33 bits per heavy atom. The summed E-state index contributed by atoms with van der Waals surface area (Å²) in [5, 5.41) is 4.25. The topological polar surface area (TPSA) is 99.2 Å². The fourth-order valence-electron chi connectivity index (χ4n) is 1.96. The molecule has 21 heavy (non-hydrogen) atoms. The lowest BCUT2D eigenvalue weighted by Crippen LogP contribution is -2.19. The number of rotatable bonds is 4. The number of anilines is 1. The molecule has 7 nitrogen and oxygen atoms in total. The first-order valence-corrected chi connectivity index (χ1v) is 7.75. The van der Waals surface area contributed by atoms with Gasteiger partial charge in [0.2, 0.25) is 10.0 Å². The van der Waals surface area contributed by atoms with E-state index in [1.807, 2.05) is 20.9 Å². The molecule has 0 radical (unpaired) electrons. The fourth-order valence-corrected chi connectivity index (χ4v) is 2.80. The number of sulfonamides is 1. The molecule has 1 heterocycles. The third kappa shape index (κ3) is 2.86. The highest BCUT2D eigenvalue weighted by atomic mass is 32.2. The van der Waals surface area contributed by atoms with Crippen molar-refractivity contribution in [2.45, 2.75) is 18.7 Å². The second-order valence-corrected chi connectivity index (χ2v) is 6.49. The summed E-state index contributed by atoms with van der Waals surface area (Å²) >= 11 is 0. The van der Waals surface area contributed by atoms with E-state index in [2.05, 4.69) is 9.82 Å². The Bertz CT molecular complexity index is 781. The van der Waals surface area contributed by atoms with Gasteiger partial charge >= 0.3 is 0 Å². The Hall–Kier alpha value is -2.06. The van der Waals surface area contributed by atoms with Gasteiger partial charge in [0.15, 0.2) is 5.75 Å². The fraction of sp³-hybridized carbons (Fsp3) is 0.308. The molecule has 0 bridgehead atoms. The molecule has 3 N–H and O–H groups in total. The van der Waals surface area contributed by atoms with Crippen molar-refractivity contribution in [1.82, 2.24) is 14.5 Å². The van der Waals surface area contributed by atoms with Crippen molar-refractivity contribution in [1.29, 1.82) is 0 Å². The summed E-state index contributed by atoms with van der Waals surface area (Å²) < 4.78 is 33.2. The number of benzene rings is 1. The first-order valence-electron chi connectivity index (χ1n) is 6.27. The molecule has 0 saturated carbocycles. The molecule has 0 unspecified atom stereocenters. The van der Waals surface area contributed by atoms with Gasteiger partial charge < -0.3 is 10.5 Å². The summed E-state index contributed by atoms with van der Waals surface area (Å²) in [4.78, 5) is 0.0250. The lowest BCUT2D eigenvalue weighted by molar-refractivity contribution is 0.474. The third-order valence-corrected chi connectivity index (χ3v) is 4.69. The van der Waals surface area contributed by atoms with Crippen molar-refractivity contribution in [3.05, 3.63) is 29.6 Å². The quantitative estimate of drug-likeness (QED) is 0.830. The minimum Gasteiger partial charge on any atom is -0.453 e. The summed E-state index contributed by atoms with van der Waals surface area (Å²) in [7, 11) is -0.417. The van der Waals surface area contributed by atoms with Crippen molar-refractivity contribution in [3.8, 4) is 11.5 Å². The monoisotopic (exact) mass is 310 g/mol. The lowest BCUT2D eigenvalue weighted by Gasteiger charge is -2.10. The molecule has 0 atom stereocenters. The summed E-state index contributed by atoms with van der Waals surface area (Å²) in [6.45, 7) is 3.73. The van der Waals surface area contributed by atoms with E-state index in [0.717, 1.165) is 11.4 Å². The van der Waals surface area contributed by atoms with Gasteiger partial charge in [0.05, 0.1) is 11.4 Å². The molecule has 0 amide bonds. The highest BCUT2D eigenvalue weighted by molar-refractivity contribution is 7.89. The van der Waals surface area contributed by atoms with E-state index in [-0.39, 0.29) is 10.6 Å². The minimum absolute atomic E-state index is 0.0250. The van der Waals surface area contributed by atoms with Crippen LogP contribution in [0.4, 0.5) is 5.69 Å². The van der Waals surface area contributed by atoms with E-state index in [9.17, 15) is 8.42 Å². The van der Waals surface area contributed by atoms with Crippen molar-refractivity contribution in [3.63, 3.8) is 0 Å². The maximum Gasteiger partial charge on any atom is 0.242 e. The van der Waals surface area contributed by atoms with Crippen LogP contribution in [0.1, 0.15) is 11.4 Å². The zero-order chi connectivity index (χ0) is 15.8. The molecule has 0 aliphatic heterocycles. The molecule has 8 heteroatoms. The molecule has 2 rings (SSSR count). The smallest absolute Gasteiger partial charge is 0.242 e. The van der Waals surface area contributed by atoms with Gasteiger partial charge in [-0.25, -0.2) is 13.1 Å². The van der Waals surface area contributed by atoms with Gasteiger partial charge in [0.1, 0.15) is 16.3 Å². The summed E-state index contributed by atoms with van der Waals surface area (Å²) in [5.41, 5.74) is 7.55. The van der Waals surface area contributed by atoms with Gasteiger partial charge in [0, 0.05) is 13.1 Å². The van der Waals surface area contributed by atoms with Crippen LogP contribution in [-0.2, 0) is 17.1 Å². The number of nitrogen functional groups attached to an aromatic ring is 1. The van der Waals surface area contributed by atoms with Gasteiger partial charge in [-0.2, -0.15) is 5.10 Å². The average Bonchev–Trinajstić information content (AvgIpc) is 2.65.